The van der Waals surface area contributed by atoms with Crippen molar-refractivity contribution in [2.24, 2.45) is 5.41 Å². The van der Waals surface area contributed by atoms with Crippen LogP contribution < -0.4 is 10.6 Å². The summed E-state index contributed by atoms with van der Waals surface area (Å²) in [6, 6.07) is 3.32. The molecule has 0 aliphatic rings. The van der Waals surface area contributed by atoms with Crippen molar-refractivity contribution < 1.29 is 4.79 Å². The lowest BCUT2D eigenvalue weighted by atomic mass is 9.86. The molecule has 0 aromatic carbocycles. The molecule has 1 atom stereocenters. The highest BCUT2D eigenvalue weighted by Crippen LogP contribution is 2.21. The van der Waals surface area contributed by atoms with Crippen molar-refractivity contribution in [2.75, 3.05) is 5.32 Å². The van der Waals surface area contributed by atoms with Gasteiger partial charge in [-0.1, -0.05) is 20.8 Å². The van der Waals surface area contributed by atoms with Crippen LogP contribution in [0.15, 0.2) is 43.2 Å². The minimum Gasteiger partial charge on any atom is -0.335 e. The van der Waals surface area contributed by atoms with Gasteiger partial charge in [0.15, 0.2) is 0 Å². The molecule has 0 fully saturated rings. The molecule has 2 rings (SSSR count). The van der Waals surface area contributed by atoms with E-state index in [1.165, 1.54) is 0 Å². The summed E-state index contributed by atoms with van der Waals surface area (Å²) >= 11 is 0. The minimum atomic E-state index is -0.233. The summed E-state index contributed by atoms with van der Waals surface area (Å²) in [5, 5.41) is 5.80. The van der Waals surface area contributed by atoms with E-state index in [9.17, 15) is 4.79 Å². The van der Waals surface area contributed by atoms with Gasteiger partial charge in [-0.05, 0) is 17.5 Å². The SMILES string of the molecule is CC(C)(C)C(Cn1ccnc1)NC(=O)Nc1cccnc1. The van der Waals surface area contributed by atoms with Gasteiger partial charge in [0, 0.05) is 25.1 Å². The highest BCUT2D eigenvalue weighted by atomic mass is 16.2. The molecule has 1 unspecified atom stereocenters. The number of hydrogen-bond acceptors (Lipinski definition) is 3. The number of rotatable bonds is 4. The second kappa shape index (κ2) is 6.39. The van der Waals surface area contributed by atoms with Gasteiger partial charge in [0.2, 0.25) is 0 Å². The van der Waals surface area contributed by atoms with Crippen LogP contribution >= 0.6 is 0 Å². The second-order valence-electron chi connectivity index (χ2n) is 6.02. The number of carbonyl (C=O) groups is 1. The fourth-order valence-corrected chi connectivity index (χ4v) is 1.90. The number of aromatic nitrogens is 3. The van der Waals surface area contributed by atoms with Crippen LogP contribution in [0.2, 0.25) is 0 Å². The summed E-state index contributed by atoms with van der Waals surface area (Å²) in [6.07, 6.45) is 8.65. The van der Waals surface area contributed by atoms with E-state index in [2.05, 4.69) is 41.4 Å². The van der Waals surface area contributed by atoms with E-state index in [4.69, 9.17) is 0 Å². The molecule has 0 aliphatic heterocycles. The summed E-state index contributed by atoms with van der Waals surface area (Å²) in [7, 11) is 0. The highest BCUT2D eigenvalue weighted by Gasteiger charge is 2.26. The molecule has 6 heteroatoms. The Kier molecular flexibility index (Phi) is 4.57. The maximum absolute atomic E-state index is 12.1. The lowest BCUT2D eigenvalue weighted by molar-refractivity contribution is 0.218. The molecular weight excluding hydrogens is 266 g/mol. The minimum absolute atomic E-state index is 0.0247. The molecule has 2 heterocycles. The van der Waals surface area contributed by atoms with Crippen molar-refractivity contribution in [1.82, 2.24) is 19.9 Å². The van der Waals surface area contributed by atoms with Crippen LogP contribution in [0, 0.1) is 5.41 Å². The van der Waals surface area contributed by atoms with Crippen LogP contribution in [0.3, 0.4) is 0 Å². The Bertz CT molecular complexity index is 560. The summed E-state index contributed by atoms with van der Waals surface area (Å²) in [5.74, 6) is 0. The van der Waals surface area contributed by atoms with Gasteiger partial charge < -0.3 is 15.2 Å². The number of imidazole rings is 1. The van der Waals surface area contributed by atoms with Gasteiger partial charge in [0.1, 0.15) is 0 Å². The van der Waals surface area contributed by atoms with Gasteiger partial charge in [-0.15, -0.1) is 0 Å². The topological polar surface area (TPSA) is 71.8 Å². The monoisotopic (exact) mass is 287 g/mol. The maximum atomic E-state index is 12.1. The second-order valence-corrected chi connectivity index (χ2v) is 6.02. The van der Waals surface area contributed by atoms with E-state index in [0.29, 0.717) is 12.2 Å². The number of amides is 2. The molecule has 112 valence electrons. The molecule has 0 spiro atoms. The molecule has 0 radical (unpaired) electrons. The number of hydrogen-bond donors (Lipinski definition) is 2. The van der Waals surface area contributed by atoms with Gasteiger partial charge in [-0.25, -0.2) is 9.78 Å². The Balaban J connectivity index is 2.00. The van der Waals surface area contributed by atoms with Crippen LogP contribution in [-0.2, 0) is 6.54 Å². The number of pyridine rings is 1. The van der Waals surface area contributed by atoms with Gasteiger partial charge in [0.25, 0.3) is 0 Å². The number of nitrogens with zero attached hydrogens (tertiary/aromatic N) is 3. The standard InChI is InChI=1S/C15H21N5O/c1-15(2,3)13(10-20-8-7-17-11-20)19-14(21)18-12-5-4-6-16-9-12/h4-9,11,13H,10H2,1-3H3,(H2,18,19,21). The lowest BCUT2D eigenvalue weighted by Gasteiger charge is -2.31. The Morgan fingerprint density at radius 1 is 1.33 bits per heavy atom. The first kappa shape index (κ1) is 15.0. The molecule has 2 aromatic heterocycles. The Hall–Kier alpha value is -2.37. The van der Waals surface area contributed by atoms with E-state index in [1.807, 2.05) is 10.8 Å². The number of nitrogens with one attached hydrogen (secondary N) is 2. The highest BCUT2D eigenvalue weighted by molar-refractivity contribution is 5.89. The van der Waals surface area contributed by atoms with Crippen molar-refractivity contribution in [1.29, 1.82) is 0 Å². The van der Waals surface area contributed by atoms with E-state index >= 15 is 0 Å². The van der Waals surface area contributed by atoms with Gasteiger partial charge in [-0.2, -0.15) is 0 Å². The molecule has 0 saturated heterocycles. The normalized spacial score (nSPS) is 12.7. The summed E-state index contributed by atoms with van der Waals surface area (Å²) in [6.45, 7) is 6.96. The molecule has 0 saturated carbocycles. The molecule has 2 aromatic rings. The third kappa shape index (κ3) is 4.59. The molecule has 2 amide bonds. The Morgan fingerprint density at radius 3 is 2.71 bits per heavy atom. The van der Waals surface area contributed by atoms with Crippen molar-refractivity contribution in [3.05, 3.63) is 43.2 Å². The molecular formula is C15H21N5O. The smallest absolute Gasteiger partial charge is 0.319 e. The summed E-state index contributed by atoms with van der Waals surface area (Å²) in [5.41, 5.74) is 0.599. The van der Waals surface area contributed by atoms with E-state index in [1.54, 1.807) is 37.1 Å². The Labute approximate surface area is 124 Å². The van der Waals surface area contributed by atoms with Crippen LogP contribution in [0.25, 0.3) is 0 Å². The van der Waals surface area contributed by atoms with Crippen LogP contribution in [0.4, 0.5) is 10.5 Å². The molecule has 0 aliphatic carbocycles. The van der Waals surface area contributed by atoms with Gasteiger partial charge >= 0.3 is 6.03 Å². The third-order valence-electron chi connectivity index (χ3n) is 3.22. The Morgan fingerprint density at radius 2 is 2.14 bits per heavy atom. The van der Waals surface area contributed by atoms with E-state index in [-0.39, 0.29) is 17.5 Å². The largest absolute Gasteiger partial charge is 0.335 e. The van der Waals surface area contributed by atoms with Crippen LogP contribution in [-0.4, -0.2) is 26.6 Å². The molecule has 21 heavy (non-hydrogen) atoms. The third-order valence-corrected chi connectivity index (χ3v) is 3.22. The van der Waals surface area contributed by atoms with E-state index < -0.39 is 0 Å². The maximum Gasteiger partial charge on any atom is 0.319 e. The number of anilines is 1. The average Bonchev–Trinajstić information content (AvgIpc) is 2.91. The quantitative estimate of drug-likeness (QED) is 0.907. The molecule has 2 N–H and O–H groups in total. The zero-order valence-electron chi connectivity index (χ0n) is 12.6. The average molecular weight is 287 g/mol. The van der Waals surface area contributed by atoms with Crippen molar-refractivity contribution in [3.63, 3.8) is 0 Å². The lowest BCUT2D eigenvalue weighted by Crippen LogP contribution is -2.47. The zero-order valence-corrected chi connectivity index (χ0v) is 12.6. The number of urea groups is 1. The predicted molar refractivity (Wildman–Crippen MR) is 81.9 cm³/mol. The van der Waals surface area contributed by atoms with E-state index in [0.717, 1.165) is 0 Å². The fourth-order valence-electron chi connectivity index (χ4n) is 1.90. The summed E-state index contributed by atoms with van der Waals surface area (Å²) in [4.78, 5) is 20.1. The van der Waals surface area contributed by atoms with Crippen LogP contribution in [0.5, 0.6) is 0 Å². The van der Waals surface area contributed by atoms with Crippen molar-refractivity contribution in [2.45, 2.75) is 33.4 Å². The van der Waals surface area contributed by atoms with Gasteiger partial charge in [-0.3, -0.25) is 4.98 Å². The molecule has 0 bridgehead atoms. The number of carbonyl (C=O) groups excluding carboxylic acids is 1. The first-order valence-corrected chi connectivity index (χ1v) is 6.88. The first-order valence-electron chi connectivity index (χ1n) is 6.88. The predicted octanol–water partition coefficient (Wildman–Crippen LogP) is 2.51. The van der Waals surface area contributed by atoms with Crippen molar-refractivity contribution in [3.8, 4) is 0 Å². The van der Waals surface area contributed by atoms with Gasteiger partial charge in [0.05, 0.1) is 24.3 Å². The van der Waals surface area contributed by atoms with Crippen LogP contribution in [0.1, 0.15) is 20.8 Å². The zero-order chi connectivity index (χ0) is 15.3. The van der Waals surface area contributed by atoms with Crippen molar-refractivity contribution >= 4 is 11.7 Å². The fraction of sp³-hybridized carbons (Fsp3) is 0.400. The first-order chi connectivity index (χ1) is 9.95. The molecule has 6 nitrogen and oxygen atoms in total. The summed E-state index contributed by atoms with van der Waals surface area (Å²) < 4.78 is 1.96.